The van der Waals surface area contributed by atoms with Crippen LogP contribution in [0.5, 0.6) is 0 Å². The summed E-state index contributed by atoms with van der Waals surface area (Å²) in [6.45, 7) is 0.602. The number of para-hydroxylation sites is 1. The van der Waals surface area contributed by atoms with E-state index in [-0.39, 0.29) is 11.8 Å². The first-order valence-electron chi connectivity index (χ1n) is 10.2. The molecule has 1 heterocycles. The zero-order valence-electron chi connectivity index (χ0n) is 15.8. The number of hydrogen-bond acceptors (Lipinski definition) is 1. The largest absolute Gasteiger partial charge is 0.361 e. The van der Waals surface area contributed by atoms with Crippen LogP contribution in [0.2, 0.25) is 0 Å². The smallest absolute Gasteiger partial charge is 0.220 e. The van der Waals surface area contributed by atoms with E-state index >= 15 is 0 Å². The van der Waals surface area contributed by atoms with Crippen molar-refractivity contribution in [2.75, 3.05) is 0 Å². The lowest BCUT2D eigenvalue weighted by atomic mass is 9.75. The average Bonchev–Trinajstić information content (AvgIpc) is 3.16. The molecule has 3 aromatic rings. The molecule has 1 atom stereocenters. The quantitative estimate of drug-likeness (QED) is 0.596. The van der Waals surface area contributed by atoms with Crippen LogP contribution in [-0.4, -0.2) is 10.9 Å². The minimum Gasteiger partial charge on any atom is -0.361 e. The van der Waals surface area contributed by atoms with Crippen LogP contribution in [0.1, 0.15) is 55.6 Å². The third-order valence-corrected chi connectivity index (χ3v) is 5.98. The molecular weight excluding hydrogens is 332 g/mol. The van der Waals surface area contributed by atoms with E-state index < -0.39 is 0 Å². The van der Waals surface area contributed by atoms with Crippen molar-refractivity contribution in [1.29, 1.82) is 0 Å². The fourth-order valence-electron chi connectivity index (χ4n) is 4.54. The Hall–Kier alpha value is -2.55. The number of H-pyrrole nitrogens is 1. The average molecular weight is 361 g/mol. The highest BCUT2D eigenvalue weighted by atomic mass is 16.1. The summed E-state index contributed by atoms with van der Waals surface area (Å²) in [7, 11) is 0. The van der Waals surface area contributed by atoms with Gasteiger partial charge < -0.3 is 10.3 Å². The van der Waals surface area contributed by atoms with Crippen LogP contribution >= 0.6 is 0 Å². The van der Waals surface area contributed by atoms with Crippen molar-refractivity contribution in [2.24, 2.45) is 5.92 Å². The SMILES string of the molecule is O=C(C[C@@H](c1c[nH]c2ccccc12)C1CCCCC1)NCc1ccccc1. The van der Waals surface area contributed by atoms with Crippen molar-refractivity contribution in [2.45, 2.75) is 51.0 Å². The summed E-state index contributed by atoms with van der Waals surface area (Å²) in [4.78, 5) is 16.2. The number of nitrogens with one attached hydrogen (secondary N) is 2. The van der Waals surface area contributed by atoms with Gasteiger partial charge in [0.1, 0.15) is 0 Å². The van der Waals surface area contributed by atoms with Gasteiger partial charge >= 0.3 is 0 Å². The number of aromatic nitrogens is 1. The first-order chi connectivity index (χ1) is 13.3. The van der Waals surface area contributed by atoms with Crippen LogP contribution in [0.15, 0.2) is 60.8 Å². The third kappa shape index (κ3) is 4.24. The number of carbonyl (C=O) groups excluding carboxylic acids is 1. The van der Waals surface area contributed by atoms with Gasteiger partial charge in [0.05, 0.1) is 0 Å². The normalized spacial score (nSPS) is 16.3. The predicted octanol–water partition coefficient (Wildman–Crippen LogP) is 5.54. The van der Waals surface area contributed by atoms with Crippen LogP contribution in [-0.2, 0) is 11.3 Å². The summed E-state index contributed by atoms with van der Waals surface area (Å²) in [6.07, 6.45) is 9.07. The highest BCUT2D eigenvalue weighted by molar-refractivity contribution is 5.85. The second-order valence-electron chi connectivity index (χ2n) is 7.76. The van der Waals surface area contributed by atoms with Gasteiger partial charge in [0.25, 0.3) is 0 Å². The van der Waals surface area contributed by atoms with Gasteiger partial charge in [-0.2, -0.15) is 0 Å². The zero-order valence-corrected chi connectivity index (χ0v) is 15.8. The molecule has 3 heteroatoms. The summed E-state index contributed by atoms with van der Waals surface area (Å²) >= 11 is 0. The van der Waals surface area contributed by atoms with Crippen LogP contribution in [0.25, 0.3) is 10.9 Å². The minimum absolute atomic E-state index is 0.153. The fourth-order valence-corrected chi connectivity index (χ4v) is 4.54. The highest BCUT2D eigenvalue weighted by Crippen LogP contribution is 2.40. The van der Waals surface area contributed by atoms with Crippen molar-refractivity contribution >= 4 is 16.8 Å². The first kappa shape index (κ1) is 17.8. The van der Waals surface area contributed by atoms with Gasteiger partial charge in [-0.3, -0.25) is 4.79 Å². The van der Waals surface area contributed by atoms with E-state index in [0.29, 0.717) is 18.9 Å². The van der Waals surface area contributed by atoms with Gasteiger partial charge in [-0.05, 0) is 41.9 Å². The second-order valence-corrected chi connectivity index (χ2v) is 7.76. The first-order valence-corrected chi connectivity index (χ1v) is 10.2. The van der Waals surface area contributed by atoms with E-state index in [2.05, 4.69) is 52.9 Å². The van der Waals surface area contributed by atoms with Gasteiger partial charge in [-0.25, -0.2) is 0 Å². The topological polar surface area (TPSA) is 44.9 Å². The zero-order chi connectivity index (χ0) is 18.5. The van der Waals surface area contributed by atoms with Crippen LogP contribution in [0, 0.1) is 5.92 Å². The molecule has 140 valence electrons. The van der Waals surface area contributed by atoms with Crippen LogP contribution in [0.4, 0.5) is 0 Å². The Morgan fingerprint density at radius 3 is 2.56 bits per heavy atom. The second kappa shape index (κ2) is 8.43. The third-order valence-electron chi connectivity index (χ3n) is 5.98. The molecule has 4 rings (SSSR count). The number of benzene rings is 2. The maximum absolute atomic E-state index is 12.8. The van der Waals surface area contributed by atoms with E-state index in [1.54, 1.807) is 0 Å². The lowest BCUT2D eigenvalue weighted by Gasteiger charge is -2.30. The number of aromatic amines is 1. The molecule has 2 aromatic carbocycles. The molecule has 1 saturated carbocycles. The molecule has 0 bridgehead atoms. The maximum atomic E-state index is 12.8. The number of fused-ring (bicyclic) bond motifs is 1. The van der Waals surface area contributed by atoms with E-state index in [9.17, 15) is 4.79 Å². The monoisotopic (exact) mass is 360 g/mol. The Bertz CT molecular complexity index is 878. The summed E-state index contributed by atoms with van der Waals surface area (Å²) in [5, 5.41) is 4.40. The van der Waals surface area contributed by atoms with Gasteiger partial charge in [-0.1, -0.05) is 67.8 Å². The highest BCUT2D eigenvalue weighted by Gasteiger charge is 2.28. The van der Waals surface area contributed by atoms with Crippen molar-refractivity contribution in [3.05, 3.63) is 71.9 Å². The number of rotatable bonds is 6. The number of hydrogen-bond donors (Lipinski definition) is 2. The molecule has 0 aliphatic heterocycles. The molecule has 0 unspecified atom stereocenters. The molecule has 0 spiro atoms. The molecule has 3 nitrogen and oxygen atoms in total. The predicted molar refractivity (Wildman–Crippen MR) is 111 cm³/mol. The Morgan fingerprint density at radius 2 is 1.74 bits per heavy atom. The molecule has 1 aliphatic carbocycles. The summed E-state index contributed by atoms with van der Waals surface area (Å²) in [5.41, 5.74) is 3.62. The molecule has 1 amide bonds. The fraction of sp³-hybridized carbons (Fsp3) is 0.375. The maximum Gasteiger partial charge on any atom is 0.220 e. The van der Waals surface area contributed by atoms with E-state index in [4.69, 9.17) is 0 Å². The summed E-state index contributed by atoms with van der Waals surface area (Å²) in [6, 6.07) is 18.6. The minimum atomic E-state index is 0.153. The Balaban J connectivity index is 1.52. The van der Waals surface area contributed by atoms with E-state index in [1.165, 1.54) is 43.1 Å². The molecule has 0 radical (unpaired) electrons. The van der Waals surface area contributed by atoms with Gasteiger partial charge in [0.2, 0.25) is 5.91 Å². The van der Waals surface area contributed by atoms with Crippen molar-refractivity contribution in [3.63, 3.8) is 0 Å². The molecule has 1 aliphatic rings. The summed E-state index contributed by atoms with van der Waals surface area (Å²) in [5.74, 6) is 1.04. The van der Waals surface area contributed by atoms with Crippen molar-refractivity contribution < 1.29 is 4.79 Å². The van der Waals surface area contributed by atoms with Crippen LogP contribution in [0.3, 0.4) is 0 Å². The standard InChI is InChI=1S/C24H28N2O/c27-24(26-16-18-9-3-1-4-10-18)15-21(19-11-5-2-6-12-19)22-17-25-23-14-8-7-13-20(22)23/h1,3-4,7-10,13-14,17,19,21,25H,2,5-6,11-12,15-16H2,(H,26,27)/t21-/m1/s1. The van der Waals surface area contributed by atoms with Gasteiger partial charge in [0.15, 0.2) is 0 Å². The van der Waals surface area contributed by atoms with Crippen molar-refractivity contribution in [1.82, 2.24) is 10.3 Å². The molecule has 0 saturated heterocycles. The lowest BCUT2D eigenvalue weighted by molar-refractivity contribution is -0.122. The molecule has 1 fully saturated rings. The molecule has 2 N–H and O–H groups in total. The van der Waals surface area contributed by atoms with Crippen molar-refractivity contribution in [3.8, 4) is 0 Å². The van der Waals surface area contributed by atoms with E-state index in [0.717, 1.165) is 11.1 Å². The lowest BCUT2D eigenvalue weighted by Crippen LogP contribution is -2.27. The van der Waals surface area contributed by atoms with Gasteiger partial charge in [0, 0.05) is 30.1 Å². The number of amides is 1. The Labute approximate surface area is 161 Å². The van der Waals surface area contributed by atoms with Gasteiger partial charge in [-0.15, -0.1) is 0 Å². The Morgan fingerprint density at radius 1 is 1.00 bits per heavy atom. The molecule has 27 heavy (non-hydrogen) atoms. The van der Waals surface area contributed by atoms with E-state index in [1.807, 2.05) is 18.2 Å². The Kier molecular flexibility index (Phi) is 5.57. The molecular formula is C24H28N2O. The summed E-state index contributed by atoms with van der Waals surface area (Å²) < 4.78 is 0. The van der Waals surface area contributed by atoms with Crippen LogP contribution < -0.4 is 5.32 Å². The number of carbonyl (C=O) groups is 1. The molecule has 1 aromatic heterocycles.